The van der Waals surface area contributed by atoms with Crippen molar-refractivity contribution in [2.24, 2.45) is 0 Å². The number of carbonyl (C=O) groups is 2. The Morgan fingerprint density at radius 1 is 1.52 bits per heavy atom. The van der Waals surface area contributed by atoms with E-state index < -0.39 is 6.09 Å². The lowest BCUT2D eigenvalue weighted by Crippen LogP contribution is -2.59. The average molecular weight is 344 g/mol. The number of H-pyrrole nitrogens is 1. The number of aromatic amines is 1. The fourth-order valence-corrected chi connectivity index (χ4v) is 3.03. The lowest BCUT2D eigenvalue weighted by Gasteiger charge is -2.40. The van der Waals surface area contributed by atoms with Gasteiger partial charge in [-0.15, -0.1) is 0 Å². The molecule has 2 amide bonds. The Morgan fingerprint density at radius 2 is 2.22 bits per heavy atom. The summed E-state index contributed by atoms with van der Waals surface area (Å²) in [7, 11) is 3.74. The van der Waals surface area contributed by atoms with Gasteiger partial charge in [0.2, 0.25) is 0 Å². The summed E-state index contributed by atoms with van der Waals surface area (Å²) >= 11 is 5.96. The number of aryl methyl sites for hydroxylation is 1. The summed E-state index contributed by atoms with van der Waals surface area (Å²) in [5.41, 5.74) is 0.724. The molecule has 1 aromatic heterocycles. The van der Waals surface area contributed by atoms with Crippen molar-refractivity contribution in [3.05, 3.63) is 16.7 Å². The highest BCUT2D eigenvalue weighted by Gasteiger charge is 2.34. The molecule has 0 aromatic carbocycles. The minimum absolute atomic E-state index is 0.0973. The van der Waals surface area contributed by atoms with Gasteiger partial charge in [-0.1, -0.05) is 18.5 Å². The first-order valence-electron chi connectivity index (χ1n) is 7.53. The first kappa shape index (κ1) is 17.6. The number of amides is 2. The SMILES string of the molecule is CCc1[nH]c(C(=O)N[C@@H]2CCN(C(=O)O)C[C@@H]2N(C)C)nc1Cl. The monoisotopic (exact) mass is 343 g/mol. The number of hydrogen-bond acceptors (Lipinski definition) is 4. The molecule has 1 aliphatic heterocycles. The van der Waals surface area contributed by atoms with Gasteiger partial charge < -0.3 is 25.2 Å². The second kappa shape index (κ2) is 7.18. The molecule has 23 heavy (non-hydrogen) atoms. The van der Waals surface area contributed by atoms with E-state index in [1.807, 2.05) is 25.9 Å². The van der Waals surface area contributed by atoms with Crippen molar-refractivity contribution in [3.8, 4) is 0 Å². The van der Waals surface area contributed by atoms with Gasteiger partial charge >= 0.3 is 6.09 Å². The Bertz CT molecular complexity index is 589. The molecule has 0 aliphatic carbocycles. The maximum absolute atomic E-state index is 12.4. The molecule has 0 spiro atoms. The fraction of sp³-hybridized carbons (Fsp3) is 0.643. The number of halogens is 1. The van der Waals surface area contributed by atoms with Gasteiger partial charge in [-0.2, -0.15) is 0 Å². The van der Waals surface area contributed by atoms with Crippen LogP contribution in [0.15, 0.2) is 0 Å². The molecule has 2 rings (SSSR count). The van der Waals surface area contributed by atoms with Crippen molar-refractivity contribution >= 4 is 23.6 Å². The third-order valence-electron chi connectivity index (χ3n) is 4.13. The van der Waals surface area contributed by atoms with Crippen LogP contribution in [0.1, 0.15) is 29.7 Å². The highest BCUT2D eigenvalue weighted by atomic mass is 35.5. The van der Waals surface area contributed by atoms with Gasteiger partial charge in [-0.3, -0.25) is 4.79 Å². The van der Waals surface area contributed by atoms with Crippen LogP contribution in [-0.2, 0) is 6.42 Å². The topological polar surface area (TPSA) is 102 Å². The Morgan fingerprint density at radius 3 is 2.74 bits per heavy atom. The summed E-state index contributed by atoms with van der Waals surface area (Å²) in [6.07, 6.45) is 0.277. The maximum Gasteiger partial charge on any atom is 0.407 e. The van der Waals surface area contributed by atoms with E-state index in [4.69, 9.17) is 16.7 Å². The van der Waals surface area contributed by atoms with E-state index in [1.165, 1.54) is 4.90 Å². The predicted molar refractivity (Wildman–Crippen MR) is 85.9 cm³/mol. The molecule has 1 aliphatic rings. The van der Waals surface area contributed by atoms with Crippen LogP contribution in [-0.4, -0.2) is 76.1 Å². The highest BCUT2D eigenvalue weighted by Crippen LogP contribution is 2.17. The van der Waals surface area contributed by atoms with Crippen molar-refractivity contribution in [1.29, 1.82) is 0 Å². The molecule has 9 heteroatoms. The minimum atomic E-state index is -0.938. The molecule has 1 saturated heterocycles. The Kier molecular flexibility index (Phi) is 5.48. The van der Waals surface area contributed by atoms with Gasteiger partial charge in [0.05, 0.1) is 5.69 Å². The molecule has 2 heterocycles. The van der Waals surface area contributed by atoms with E-state index in [0.717, 1.165) is 5.69 Å². The van der Waals surface area contributed by atoms with Crippen LogP contribution in [0.3, 0.4) is 0 Å². The second-order valence-corrected chi connectivity index (χ2v) is 6.19. The lowest BCUT2D eigenvalue weighted by atomic mass is 9.98. The van der Waals surface area contributed by atoms with Crippen molar-refractivity contribution in [2.45, 2.75) is 31.8 Å². The molecular weight excluding hydrogens is 322 g/mol. The Balaban J connectivity index is 2.07. The van der Waals surface area contributed by atoms with E-state index in [9.17, 15) is 9.59 Å². The summed E-state index contributed by atoms with van der Waals surface area (Å²) in [4.78, 5) is 33.8. The summed E-state index contributed by atoms with van der Waals surface area (Å²) in [6, 6.07) is -0.248. The zero-order valence-electron chi connectivity index (χ0n) is 13.5. The van der Waals surface area contributed by atoms with E-state index in [0.29, 0.717) is 31.1 Å². The standard InChI is InChI=1S/C14H22ClN5O3/c1-4-8-11(15)18-12(16-8)13(21)17-9-5-6-20(14(22)23)7-10(9)19(2)3/h9-10H,4-7H2,1-3H3,(H,16,18)(H,17,21)(H,22,23)/t9-,10+/m1/s1. The largest absolute Gasteiger partial charge is 0.465 e. The van der Waals surface area contributed by atoms with Gasteiger partial charge in [-0.05, 0) is 26.9 Å². The Labute approximate surface area is 139 Å². The number of rotatable bonds is 4. The summed E-state index contributed by atoms with van der Waals surface area (Å²) in [5.74, 6) is -0.141. The molecule has 0 saturated carbocycles. The van der Waals surface area contributed by atoms with Gasteiger partial charge in [0.15, 0.2) is 11.0 Å². The quantitative estimate of drug-likeness (QED) is 0.758. The average Bonchev–Trinajstić information content (AvgIpc) is 2.88. The third-order valence-corrected chi connectivity index (χ3v) is 4.44. The maximum atomic E-state index is 12.4. The number of carboxylic acid groups (broad SMARTS) is 1. The van der Waals surface area contributed by atoms with Crippen LogP contribution in [0, 0.1) is 0 Å². The summed E-state index contributed by atoms with van der Waals surface area (Å²) < 4.78 is 0. The van der Waals surface area contributed by atoms with E-state index in [-0.39, 0.29) is 23.8 Å². The van der Waals surface area contributed by atoms with Crippen molar-refractivity contribution in [1.82, 2.24) is 25.1 Å². The van der Waals surface area contributed by atoms with Crippen LogP contribution < -0.4 is 5.32 Å². The van der Waals surface area contributed by atoms with Crippen LogP contribution in [0.25, 0.3) is 0 Å². The normalized spacial score (nSPS) is 21.5. The molecule has 1 aromatic rings. The van der Waals surface area contributed by atoms with Gasteiger partial charge in [0.25, 0.3) is 5.91 Å². The van der Waals surface area contributed by atoms with Crippen LogP contribution in [0.4, 0.5) is 4.79 Å². The van der Waals surface area contributed by atoms with E-state index >= 15 is 0 Å². The molecule has 128 valence electrons. The molecule has 1 fully saturated rings. The first-order valence-corrected chi connectivity index (χ1v) is 7.90. The lowest BCUT2D eigenvalue weighted by molar-refractivity contribution is 0.0742. The number of piperidine rings is 1. The van der Waals surface area contributed by atoms with E-state index in [2.05, 4.69) is 15.3 Å². The number of aromatic nitrogens is 2. The van der Waals surface area contributed by atoms with Gasteiger partial charge in [-0.25, -0.2) is 9.78 Å². The van der Waals surface area contributed by atoms with Crippen LogP contribution in [0.5, 0.6) is 0 Å². The fourth-order valence-electron chi connectivity index (χ4n) is 2.76. The third kappa shape index (κ3) is 3.94. The first-order chi connectivity index (χ1) is 10.8. The molecule has 3 N–H and O–H groups in total. The number of likely N-dealkylation sites (N-methyl/N-ethyl adjacent to an activating group) is 1. The minimum Gasteiger partial charge on any atom is -0.465 e. The highest BCUT2D eigenvalue weighted by molar-refractivity contribution is 6.30. The molecular formula is C14H22ClN5O3. The zero-order valence-corrected chi connectivity index (χ0v) is 14.2. The Hall–Kier alpha value is -1.80. The zero-order chi connectivity index (χ0) is 17.1. The number of imidazole rings is 1. The second-order valence-electron chi connectivity index (χ2n) is 5.84. The number of hydrogen-bond donors (Lipinski definition) is 3. The molecule has 2 atom stereocenters. The number of likely N-dealkylation sites (tertiary alicyclic amines) is 1. The van der Waals surface area contributed by atoms with Crippen molar-refractivity contribution < 1.29 is 14.7 Å². The molecule has 8 nitrogen and oxygen atoms in total. The predicted octanol–water partition coefficient (Wildman–Crippen LogP) is 1.04. The van der Waals surface area contributed by atoms with Crippen molar-refractivity contribution in [2.75, 3.05) is 27.2 Å². The molecule has 0 bridgehead atoms. The summed E-state index contributed by atoms with van der Waals surface area (Å²) in [6.45, 7) is 2.67. The van der Waals surface area contributed by atoms with E-state index in [1.54, 1.807) is 0 Å². The van der Waals surface area contributed by atoms with Crippen LogP contribution >= 0.6 is 11.6 Å². The summed E-state index contributed by atoms with van der Waals surface area (Å²) in [5, 5.41) is 12.4. The molecule has 0 radical (unpaired) electrons. The number of carbonyl (C=O) groups excluding carboxylic acids is 1. The number of nitrogens with zero attached hydrogens (tertiary/aromatic N) is 3. The molecule has 0 unspecified atom stereocenters. The van der Waals surface area contributed by atoms with Crippen molar-refractivity contribution in [3.63, 3.8) is 0 Å². The van der Waals surface area contributed by atoms with Gasteiger partial charge in [0, 0.05) is 25.2 Å². The van der Waals surface area contributed by atoms with Gasteiger partial charge in [0.1, 0.15) is 0 Å². The smallest absolute Gasteiger partial charge is 0.407 e. The number of nitrogens with one attached hydrogen (secondary N) is 2. The van der Waals surface area contributed by atoms with Crippen LogP contribution in [0.2, 0.25) is 5.15 Å².